The van der Waals surface area contributed by atoms with Crippen molar-refractivity contribution in [1.82, 2.24) is 40.0 Å². The van der Waals surface area contributed by atoms with Crippen molar-refractivity contribution in [1.29, 1.82) is 0 Å². The maximum atomic E-state index is 5.29. The van der Waals surface area contributed by atoms with Gasteiger partial charge in [0.15, 0.2) is 5.82 Å². The van der Waals surface area contributed by atoms with E-state index >= 15 is 0 Å². The van der Waals surface area contributed by atoms with Crippen molar-refractivity contribution in [3.05, 3.63) is 78.0 Å². The SMILES string of the molecule is Cc1noc(-c2ccc3nc(Cc4cc(CN5CCN(c6cnccn6)CC5)ccn4)[nH]c3c2)n1. The minimum atomic E-state index is 0.507. The summed E-state index contributed by atoms with van der Waals surface area (Å²) in [7, 11) is 0. The first-order valence-corrected chi connectivity index (χ1v) is 11.7. The Labute approximate surface area is 202 Å². The molecular weight excluding hydrogens is 442 g/mol. The van der Waals surface area contributed by atoms with Gasteiger partial charge in [-0.2, -0.15) is 4.98 Å². The Morgan fingerprint density at radius 1 is 0.971 bits per heavy atom. The van der Waals surface area contributed by atoms with E-state index in [2.05, 4.69) is 52.0 Å². The molecule has 0 atom stereocenters. The molecule has 0 aliphatic carbocycles. The highest BCUT2D eigenvalue weighted by atomic mass is 16.5. The summed E-state index contributed by atoms with van der Waals surface area (Å²) in [6.45, 7) is 6.57. The van der Waals surface area contributed by atoms with Gasteiger partial charge in [0.05, 0.1) is 17.2 Å². The lowest BCUT2D eigenvalue weighted by molar-refractivity contribution is 0.249. The zero-order valence-corrected chi connectivity index (χ0v) is 19.4. The molecule has 0 saturated carbocycles. The average molecular weight is 468 g/mol. The molecule has 10 heteroatoms. The van der Waals surface area contributed by atoms with Crippen molar-refractivity contribution in [2.75, 3.05) is 31.1 Å². The largest absolute Gasteiger partial charge is 0.353 e. The van der Waals surface area contributed by atoms with Gasteiger partial charge >= 0.3 is 0 Å². The highest BCUT2D eigenvalue weighted by Crippen LogP contribution is 2.23. The fourth-order valence-electron chi connectivity index (χ4n) is 4.44. The van der Waals surface area contributed by atoms with E-state index in [-0.39, 0.29) is 0 Å². The normalized spacial score (nSPS) is 14.6. The number of aromatic amines is 1. The second-order valence-electron chi connectivity index (χ2n) is 8.72. The number of pyridine rings is 1. The molecule has 0 unspecified atom stereocenters. The lowest BCUT2D eigenvalue weighted by Gasteiger charge is -2.35. The smallest absolute Gasteiger partial charge is 0.257 e. The number of benzene rings is 1. The topological polar surface area (TPSA) is 113 Å². The predicted octanol–water partition coefficient (Wildman–Crippen LogP) is 3.02. The first-order chi connectivity index (χ1) is 17.2. The van der Waals surface area contributed by atoms with Crippen LogP contribution in [0.3, 0.4) is 0 Å². The number of anilines is 1. The molecule has 1 N–H and O–H groups in total. The van der Waals surface area contributed by atoms with Crippen LogP contribution in [0.25, 0.3) is 22.5 Å². The highest BCUT2D eigenvalue weighted by molar-refractivity contribution is 5.80. The summed E-state index contributed by atoms with van der Waals surface area (Å²) in [5.74, 6) is 2.95. The van der Waals surface area contributed by atoms with E-state index in [0.29, 0.717) is 18.1 Å². The number of nitrogens with one attached hydrogen (secondary N) is 1. The van der Waals surface area contributed by atoms with Crippen LogP contribution in [0.15, 0.2) is 59.6 Å². The van der Waals surface area contributed by atoms with E-state index in [1.54, 1.807) is 19.3 Å². The summed E-state index contributed by atoms with van der Waals surface area (Å²) < 4.78 is 5.29. The Kier molecular flexibility index (Phi) is 5.63. The number of piperazine rings is 1. The molecule has 5 heterocycles. The molecule has 0 bridgehead atoms. The molecule has 4 aromatic heterocycles. The third-order valence-electron chi connectivity index (χ3n) is 6.19. The van der Waals surface area contributed by atoms with Crippen molar-refractivity contribution >= 4 is 16.9 Å². The van der Waals surface area contributed by atoms with Crippen LogP contribution in [-0.2, 0) is 13.0 Å². The van der Waals surface area contributed by atoms with Crippen LogP contribution in [0.2, 0.25) is 0 Å². The second kappa shape index (κ2) is 9.22. The molecule has 1 saturated heterocycles. The monoisotopic (exact) mass is 467 g/mol. The molecule has 10 nitrogen and oxygen atoms in total. The maximum Gasteiger partial charge on any atom is 0.257 e. The van der Waals surface area contributed by atoms with Crippen LogP contribution < -0.4 is 4.90 Å². The number of H-pyrrole nitrogens is 1. The number of aryl methyl sites for hydroxylation is 1. The number of hydrogen-bond donors (Lipinski definition) is 1. The first-order valence-electron chi connectivity index (χ1n) is 11.7. The van der Waals surface area contributed by atoms with Gasteiger partial charge in [0.1, 0.15) is 11.6 Å². The summed E-state index contributed by atoms with van der Waals surface area (Å²) in [6, 6.07) is 10.2. The van der Waals surface area contributed by atoms with Crippen molar-refractivity contribution in [3.63, 3.8) is 0 Å². The Morgan fingerprint density at radius 3 is 2.69 bits per heavy atom. The number of fused-ring (bicyclic) bond motifs is 1. The molecule has 1 aromatic carbocycles. The van der Waals surface area contributed by atoms with E-state index in [0.717, 1.165) is 66.7 Å². The van der Waals surface area contributed by atoms with Gasteiger partial charge < -0.3 is 14.4 Å². The highest BCUT2D eigenvalue weighted by Gasteiger charge is 2.18. The quantitative estimate of drug-likeness (QED) is 0.403. The van der Waals surface area contributed by atoms with Gasteiger partial charge in [-0.3, -0.25) is 14.9 Å². The van der Waals surface area contributed by atoms with Crippen molar-refractivity contribution in [2.24, 2.45) is 0 Å². The molecular formula is C25H25N9O. The summed E-state index contributed by atoms with van der Waals surface area (Å²) in [5, 5.41) is 3.87. The predicted molar refractivity (Wildman–Crippen MR) is 131 cm³/mol. The maximum absolute atomic E-state index is 5.29. The van der Waals surface area contributed by atoms with Crippen molar-refractivity contribution in [3.8, 4) is 11.5 Å². The summed E-state index contributed by atoms with van der Waals surface area (Å²) in [6.07, 6.45) is 7.81. The molecule has 0 spiro atoms. The lowest BCUT2D eigenvalue weighted by atomic mass is 10.1. The van der Waals surface area contributed by atoms with Crippen LogP contribution in [0.5, 0.6) is 0 Å². The number of aromatic nitrogens is 7. The molecule has 0 radical (unpaired) electrons. The third-order valence-corrected chi connectivity index (χ3v) is 6.19. The fraction of sp³-hybridized carbons (Fsp3) is 0.280. The number of rotatable bonds is 6. The first kappa shape index (κ1) is 21.4. The summed E-state index contributed by atoms with van der Waals surface area (Å²) in [5.41, 5.74) is 4.95. The average Bonchev–Trinajstić information content (AvgIpc) is 3.50. The number of nitrogens with zero attached hydrogens (tertiary/aromatic N) is 8. The molecule has 0 amide bonds. The van der Waals surface area contributed by atoms with Gasteiger partial charge in [0, 0.05) is 69.0 Å². The van der Waals surface area contributed by atoms with Crippen molar-refractivity contribution < 1.29 is 4.52 Å². The van der Waals surface area contributed by atoms with Crippen LogP contribution >= 0.6 is 0 Å². The standard InChI is InChI=1S/C25H25N9O/c1-17-29-25(35-32-17)19-2-3-21-22(13-19)31-23(30-21)14-20-12-18(4-5-27-20)16-33-8-10-34(11-9-33)24-15-26-6-7-28-24/h2-7,12-13,15H,8-11,14,16H2,1H3,(H,30,31). The van der Waals surface area contributed by atoms with Crippen LogP contribution in [0.4, 0.5) is 5.82 Å². The lowest BCUT2D eigenvalue weighted by Crippen LogP contribution is -2.46. The molecule has 6 rings (SSSR count). The van der Waals surface area contributed by atoms with Gasteiger partial charge in [-0.15, -0.1) is 0 Å². The fourth-order valence-corrected chi connectivity index (χ4v) is 4.44. The molecule has 5 aromatic rings. The minimum Gasteiger partial charge on any atom is -0.353 e. The number of hydrogen-bond acceptors (Lipinski definition) is 9. The van der Waals surface area contributed by atoms with E-state index in [1.807, 2.05) is 30.6 Å². The van der Waals surface area contributed by atoms with Gasteiger partial charge in [0.2, 0.25) is 0 Å². The van der Waals surface area contributed by atoms with Gasteiger partial charge in [0.25, 0.3) is 5.89 Å². The third kappa shape index (κ3) is 4.73. The van der Waals surface area contributed by atoms with Crippen molar-refractivity contribution in [2.45, 2.75) is 19.9 Å². The van der Waals surface area contributed by atoms with E-state index in [9.17, 15) is 0 Å². The van der Waals surface area contributed by atoms with Gasteiger partial charge in [-0.25, -0.2) is 9.97 Å². The Balaban J connectivity index is 1.11. The minimum absolute atomic E-state index is 0.507. The molecule has 1 fully saturated rings. The summed E-state index contributed by atoms with van der Waals surface area (Å²) >= 11 is 0. The Hall–Kier alpha value is -4.18. The molecule has 176 valence electrons. The molecule has 35 heavy (non-hydrogen) atoms. The Morgan fingerprint density at radius 2 is 1.89 bits per heavy atom. The van der Waals surface area contributed by atoms with E-state index < -0.39 is 0 Å². The van der Waals surface area contributed by atoms with Crippen LogP contribution in [-0.4, -0.2) is 66.1 Å². The van der Waals surface area contributed by atoms with E-state index in [4.69, 9.17) is 9.51 Å². The number of imidazole rings is 1. The zero-order chi connectivity index (χ0) is 23.6. The van der Waals surface area contributed by atoms with Crippen LogP contribution in [0, 0.1) is 6.92 Å². The van der Waals surface area contributed by atoms with Gasteiger partial charge in [-0.05, 0) is 42.8 Å². The second-order valence-corrected chi connectivity index (χ2v) is 8.72. The van der Waals surface area contributed by atoms with E-state index in [1.165, 1.54) is 5.56 Å². The Bertz CT molecular complexity index is 1440. The molecule has 1 aliphatic heterocycles. The summed E-state index contributed by atoms with van der Waals surface area (Å²) in [4.78, 5) is 30.4. The van der Waals surface area contributed by atoms with Gasteiger partial charge in [-0.1, -0.05) is 5.16 Å². The van der Waals surface area contributed by atoms with Crippen LogP contribution in [0.1, 0.15) is 22.9 Å². The zero-order valence-electron chi connectivity index (χ0n) is 19.4. The molecule has 1 aliphatic rings.